The summed E-state index contributed by atoms with van der Waals surface area (Å²) in [7, 11) is 0. The minimum atomic E-state index is 0.410. The highest BCUT2D eigenvalue weighted by atomic mass is 16.5. The van der Waals surface area contributed by atoms with Crippen LogP contribution in [0.5, 0.6) is 11.6 Å². The van der Waals surface area contributed by atoms with Gasteiger partial charge >= 0.3 is 0 Å². The minimum Gasteiger partial charge on any atom is -0.437 e. The van der Waals surface area contributed by atoms with Crippen LogP contribution < -0.4 is 20.3 Å². The Bertz CT molecular complexity index is 1410. The number of fused-ring (bicyclic) bond motifs is 2. The Morgan fingerprint density at radius 3 is 2.70 bits per heavy atom. The predicted molar refractivity (Wildman–Crippen MR) is 128 cm³/mol. The van der Waals surface area contributed by atoms with Crippen LogP contribution >= 0.6 is 0 Å². The minimum absolute atomic E-state index is 0.410. The molecule has 3 aromatic heterocycles. The second kappa shape index (κ2) is 8.36. The van der Waals surface area contributed by atoms with Crippen molar-refractivity contribution in [2.45, 2.75) is 0 Å². The Labute approximate surface area is 189 Å². The Morgan fingerprint density at radius 2 is 1.82 bits per heavy atom. The highest BCUT2D eigenvalue weighted by Crippen LogP contribution is 2.31. The SMILES string of the molecule is c1ccc(Oc2nc(Nc3ccc4nccc(N5CCNCC5)c4c3)nc3nc[nH]c23)cc1. The molecule has 33 heavy (non-hydrogen) atoms. The third-order valence-corrected chi connectivity index (χ3v) is 5.64. The van der Waals surface area contributed by atoms with Gasteiger partial charge in [0.05, 0.1) is 11.8 Å². The molecule has 1 saturated heterocycles. The van der Waals surface area contributed by atoms with Crippen LogP contribution in [0.2, 0.25) is 0 Å². The average Bonchev–Trinajstić information content (AvgIpc) is 3.34. The molecule has 0 spiro atoms. The van der Waals surface area contributed by atoms with Gasteiger partial charge in [-0.25, -0.2) is 4.98 Å². The molecule has 0 radical (unpaired) electrons. The molecule has 0 bridgehead atoms. The van der Waals surface area contributed by atoms with Gasteiger partial charge in [0.2, 0.25) is 5.95 Å². The maximum absolute atomic E-state index is 6.01. The highest BCUT2D eigenvalue weighted by molar-refractivity contribution is 5.94. The normalized spacial score (nSPS) is 14.0. The van der Waals surface area contributed by atoms with E-state index in [1.54, 1.807) is 6.33 Å². The fourth-order valence-electron chi connectivity index (χ4n) is 4.06. The summed E-state index contributed by atoms with van der Waals surface area (Å²) >= 11 is 0. The molecule has 1 aliphatic rings. The van der Waals surface area contributed by atoms with E-state index < -0.39 is 0 Å². The maximum atomic E-state index is 6.01. The standard InChI is InChI=1S/C24H22N8O/c1-2-4-17(5-3-1)33-23-21-22(28-15-27-21)30-24(31-23)29-16-6-7-19-18(14-16)20(8-9-26-19)32-12-10-25-11-13-32/h1-9,14-15,25H,10-13H2,(H2,27,28,29,30,31). The molecule has 1 aliphatic heterocycles. The van der Waals surface area contributed by atoms with Crippen molar-refractivity contribution in [3.63, 3.8) is 0 Å². The molecule has 9 heteroatoms. The molecule has 6 rings (SSSR count). The number of piperazine rings is 1. The summed E-state index contributed by atoms with van der Waals surface area (Å²) in [5, 5.41) is 7.81. The Kier molecular flexibility index (Phi) is 4.93. The summed E-state index contributed by atoms with van der Waals surface area (Å²) < 4.78 is 6.01. The second-order valence-corrected chi connectivity index (χ2v) is 7.79. The number of hydrogen-bond donors (Lipinski definition) is 3. The highest BCUT2D eigenvalue weighted by Gasteiger charge is 2.15. The molecule has 164 valence electrons. The Hall–Kier alpha value is -4.24. The van der Waals surface area contributed by atoms with E-state index in [2.05, 4.69) is 52.6 Å². The first-order valence-corrected chi connectivity index (χ1v) is 10.9. The molecule has 4 heterocycles. The summed E-state index contributed by atoms with van der Waals surface area (Å²) in [5.74, 6) is 1.51. The number of pyridine rings is 1. The van der Waals surface area contributed by atoms with Crippen molar-refractivity contribution >= 4 is 39.4 Å². The predicted octanol–water partition coefficient (Wildman–Crippen LogP) is 3.85. The van der Waals surface area contributed by atoms with Crippen LogP contribution in [0.25, 0.3) is 22.1 Å². The van der Waals surface area contributed by atoms with Gasteiger partial charge in [0.25, 0.3) is 5.88 Å². The van der Waals surface area contributed by atoms with Gasteiger partial charge in [0.1, 0.15) is 11.3 Å². The summed E-state index contributed by atoms with van der Waals surface area (Å²) in [6.45, 7) is 3.89. The zero-order chi connectivity index (χ0) is 22.0. The lowest BCUT2D eigenvalue weighted by Gasteiger charge is -2.30. The van der Waals surface area contributed by atoms with Crippen LogP contribution in [0.1, 0.15) is 0 Å². The number of nitrogens with zero attached hydrogens (tertiary/aromatic N) is 5. The number of benzene rings is 2. The van der Waals surface area contributed by atoms with E-state index in [0.29, 0.717) is 28.7 Å². The molecule has 9 nitrogen and oxygen atoms in total. The molecule has 0 unspecified atom stereocenters. The lowest BCUT2D eigenvalue weighted by Crippen LogP contribution is -2.43. The largest absolute Gasteiger partial charge is 0.437 e. The number of aromatic amines is 1. The fraction of sp³-hybridized carbons (Fsp3) is 0.167. The van der Waals surface area contributed by atoms with E-state index in [0.717, 1.165) is 42.8 Å². The van der Waals surface area contributed by atoms with E-state index in [9.17, 15) is 0 Å². The van der Waals surface area contributed by atoms with Crippen molar-refractivity contribution in [1.29, 1.82) is 0 Å². The van der Waals surface area contributed by atoms with Crippen molar-refractivity contribution in [2.24, 2.45) is 0 Å². The van der Waals surface area contributed by atoms with Gasteiger partial charge in [-0.15, -0.1) is 0 Å². The third-order valence-electron chi connectivity index (χ3n) is 5.64. The van der Waals surface area contributed by atoms with Gasteiger partial charge in [-0.3, -0.25) is 4.98 Å². The lowest BCUT2D eigenvalue weighted by atomic mass is 10.1. The summed E-state index contributed by atoms with van der Waals surface area (Å²) in [4.78, 5) is 23.4. The first-order chi connectivity index (χ1) is 16.3. The zero-order valence-electron chi connectivity index (χ0n) is 17.8. The topological polar surface area (TPSA) is 104 Å². The number of para-hydroxylation sites is 1. The van der Waals surface area contributed by atoms with Crippen molar-refractivity contribution in [1.82, 2.24) is 30.2 Å². The first kappa shape index (κ1) is 19.4. The van der Waals surface area contributed by atoms with E-state index in [1.165, 1.54) is 5.69 Å². The zero-order valence-corrected chi connectivity index (χ0v) is 17.8. The third kappa shape index (κ3) is 3.90. The fourth-order valence-corrected chi connectivity index (χ4v) is 4.06. The number of H-pyrrole nitrogens is 1. The van der Waals surface area contributed by atoms with Crippen LogP contribution in [-0.4, -0.2) is 51.1 Å². The average molecular weight is 438 g/mol. The summed E-state index contributed by atoms with van der Waals surface area (Å²) in [6.07, 6.45) is 3.46. The summed E-state index contributed by atoms with van der Waals surface area (Å²) in [5.41, 5.74) is 4.18. The lowest BCUT2D eigenvalue weighted by molar-refractivity contribution is 0.468. The Balaban J connectivity index is 1.35. The van der Waals surface area contributed by atoms with Crippen molar-refractivity contribution in [2.75, 3.05) is 36.4 Å². The molecule has 0 aliphatic carbocycles. The molecule has 2 aromatic carbocycles. The van der Waals surface area contributed by atoms with E-state index in [4.69, 9.17) is 4.74 Å². The molecule has 3 N–H and O–H groups in total. The molecule has 0 saturated carbocycles. The van der Waals surface area contributed by atoms with Crippen LogP contribution in [0.15, 0.2) is 67.1 Å². The van der Waals surface area contributed by atoms with Gasteiger partial charge in [-0.1, -0.05) is 18.2 Å². The van der Waals surface area contributed by atoms with Crippen molar-refractivity contribution < 1.29 is 4.74 Å². The molecule has 1 fully saturated rings. The molecule has 0 atom stereocenters. The monoisotopic (exact) mass is 438 g/mol. The number of ether oxygens (including phenoxy) is 1. The quantitative estimate of drug-likeness (QED) is 0.380. The van der Waals surface area contributed by atoms with E-state index in [1.807, 2.05) is 48.7 Å². The molecular formula is C24H22N8O. The van der Waals surface area contributed by atoms with Gasteiger partial charge in [0.15, 0.2) is 5.65 Å². The smallest absolute Gasteiger partial charge is 0.250 e. The van der Waals surface area contributed by atoms with Crippen LogP contribution in [0, 0.1) is 0 Å². The number of rotatable bonds is 5. The van der Waals surface area contributed by atoms with Gasteiger partial charge in [0, 0.05) is 49.1 Å². The summed E-state index contributed by atoms with van der Waals surface area (Å²) in [6, 6.07) is 17.7. The van der Waals surface area contributed by atoms with Crippen LogP contribution in [-0.2, 0) is 0 Å². The van der Waals surface area contributed by atoms with Gasteiger partial charge < -0.3 is 25.3 Å². The van der Waals surface area contributed by atoms with Gasteiger partial charge in [-0.2, -0.15) is 9.97 Å². The van der Waals surface area contributed by atoms with Crippen LogP contribution in [0.4, 0.5) is 17.3 Å². The van der Waals surface area contributed by atoms with E-state index in [-0.39, 0.29) is 0 Å². The van der Waals surface area contributed by atoms with Crippen LogP contribution in [0.3, 0.4) is 0 Å². The number of nitrogens with one attached hydrogen (secondary N) is 3. The van der Waals surface area contributed by atoms with Crippen molar-refractivity contribution in [3.05, 3.63) is 67.1 Å². The number of aromatic nitrogens is 5. The van der Waals surface area contributed by atoms with Gasteiger partial charge in [-0.05, 0) is 36.4 Å². The maximum Gasteiger partial charge on any atom is 0.250 e. The molecule has 5 aromatic rings. The number of hydrogen-bond acceptors (Lipinski definition) is 8. The molecular weight excluding hydrogens is 416 g/mol. The second-order valence-electron chi connectivity index (χ2n) is 7.79. The van der Waals surface area contributed by atoms with Crippen molar-refractivity contribution in [3.8, 4) is 11.6 Å². The number of imidazole rings is 1. The van der Waals surface area contributed by atoms with E-state index >= 15 is 0 Å². The molecule has 0 amide bonds. The Morgan fingerprint density at radius 1 is 0.939 bits per heavy atom. The first-order valence-electron chi connectivity index (χ1n) is 10.9. The number of anilines is 3.